The lowest BCUT2D eigenvalue weighted by atomic mass is 10.2. The van der Waals surface area contributed by atoms with Crippen LogP contribution >= 0.6 is 0 Å². The van der Waals surface area contributed by atoms with Gasteiger partial charge in [-0.25, -0.2) is 0 Å². The second-order valence-electron chi connectivity index (χ2n) is 4.53. The molecule has 1 aromatic rings. The molecule has 1 N–H and O–H groups in total. The molecule has 1 atom stereocenters. The van der Waals surface area contributed by atoms with Crippen LogP contribution in [0.15, 0.2) is 18.3 Å². The summed E-state index contributed by atoms with van der Waals surface area (Å²) in [4.78, 5) is 4.10. The van der Waals surface area contributed by atoms with E-state index in [4.69, 9.17) is 9.47 Å². The molecule has 90 valence electrons. The predicted octanol–water partition coefficient (Wildman–Crippen LogP) is 1.94. The third kappa shape index (κ3) is 3.79. The first-order valence-corrected chi connectivity index (χ1v) is 5.25. The number of aliphatic hydroxyl groups excluding tert-OH is 1. The van der Waals surface area contributed by atoms with Gasteiger partial charge in [0.05, 0.1) is 19.3 Å². The molecule has 16 heavy (non-hydrogen) atoms. The minimum atomic E-state index is -0.768. The van der Waals surface area contributed by atoms with Crippen molar-refractivity contribution in [1.29, 1.82) is 0 Å². The van der Waals surface area contributed by atoms with Gasteiger partial charge in [-0.3, -0.25) is 4.98 Å². The van der Waals surface area contributed by atoms with Crippen LogP contribution in [-0.2, 0) is 4.74 Å². The van der Waals surface area contributed by atoms with Crippen LogP contribution in [0.25, 0.3) is 0 Å². The second-order valence-corrected chi connectivity index (χ2v) is 4.53. The van der Waals surface area contributed by atoms with Crippen LogP contribution in [0.2, 0.25) is 0 Å². The third-order valence-corrected chi connectivity index (χ3v) is 2.01. The molecule has 1 rings (SSSR count). The molecule has 0 radical (unpaired) electrons. The summed E-state index contributed by atoms with van der Waals surface area (Å²) in [7, 11) is 1.55. The van der Waals surface area contributed by atoms with Crippen molar-refractivity contribution < 1.29 is 14.6 Å². The largest absolute Gasteiger partial charge is 0.495 e. The van der Waals surface area contributed by atoms with E-state index < -0.39 is 6.10 Å². The van der Waals surface area contributed by atoms with E-state index in [0.717, 1.165) is 0 Å². The molecule has 0 bridgehead atoms. The number of hydrogen-bond acceptors (Lipinski definition) is 4. The number of methoxy groups -OCH3 is 1. The first-order valence-electron chi connectivity index (χ1n) is 5.25. The maximum Gasteiger partial charge on any atom is 0.143 e. The first kappa shape index (κ1) is 12.9. The molecule has 1 unspecified atom stereocenters. The Balaban J connectivity index is 2.69. The highest BCUT2D eigenvalue weighted by Gasteiger charge is 2.18. The summed E-state index contributed by atoms with van der Waals surface area (Å²) >= 11 is 0. The van der Waals surface area contributed by atoms with Gasteiger partial charge in [0, 0.05) is 6.20 Å². The molecule has 0 aliphatic heterocycles. The Labute approximate surface area is 96.2 Å². The van der Waals surface area contributed by atoms with Gasteiger partial charge in [-0.15, -0.1) is 0 Å². The van der Waals surface area contributed by atoms with E-state index in [0.29, 0.717) is 11.4 Å². The van der Waals surface area contributed by atoms with Gasteiger partial charge in [0.1, 0.15) is 17.5 Å². The van der Waals surface area contributed by atoms with Crippen molar-refractivity contribution in [3.05, 3.63) is 24.0 Å². The molecule has 4 nitrogen and oxygen atoms in total. The summed E-state index contributed by atoms with van der Waals surface area (Å²) in [5, 5.41) is 9.93. The van der Waals surface area contributed by atoms with Crippen molar-refractivity contribution in [2.75, 3.05) is 13.7 Å². The highest BCUT2D eigenvalue weighted by atomic mass is 16.5. The summed E-state index contributed by atoms with van der Waals surface area (Å²) in [6.07, 6.45) is 0.855. The van der Waals surface area contributed by atoms with Crippen LogP contribution in [0, 0.1) is 0 Å². The normalized spacial score (nSPS) is 13.6. The standard InChI is InChI=1S/C12H19NO3/c1-12(2,3)16-8-9(14)11-10(15-4)6-5-7-13-11/h5-7,9,14H,8H2,1-4H3. The number of rotatable bonds is 4. The van der Waals surface area contributed by atoms with Crippen LogP contribution in [-0.4, -0.2) is 29.4 Å². The van der Waals surface area contributed by atoms with Gasteiger partial charge < -0.3 is 14.6 Å². The number of aromatic nitrogens is 1. The molecule has 0 aliphatic rings. The van der Waals surface area contributed by atoms with Crippen LogP contribution < -0.4 is 4.74 Å². The Morgan fingerprint density at radius 1 is 1.44 bits per heavy atom. The topological polar surface area (TPSA) is 51.6 Å². The van der Waals surface area contributed by atoms with E-state index in [9.17, 15) is 5.11 Å². The molecule has 0 aromatic carbocycles. The molecule has 0 fully saturated rings. The third-order valence-electron chi connectivity index (χ3n) is 2.01. The van der Waals surface area contributed by atoms with Crippen molar-refractivity contribution >= 4 is 0 Å². The Morgan fingerprint density at radius 3 is 2.69 bits per heavy atom. The van der Waals surface area contributed by atoms with Crippen LogP contribution in [0.3, 0.4) is 0 Å². The molecular formula is C12H19NO3. The maximum absolute atomic E-state index is 9.93. The van der Waals surface area contributed by atoms with E-state index in [2.05, 4.69) is 4.98 Å². The lowest BCUT2D eigenvalue weighted by molar-refractivity contribution is -0.0511. The summed E-state index contributed by atoms with van der Waals surface area (Å²) in [5.41, 5.74) is 0.234. The highest BCUT2D eigenvalue weighted by Crippen LogP contribution is 2.23. The smallest absolute Gasteiger partial charge is 0.143 e. The van der Waals surface area contributed by atoms with Crippen molar-refractivity contribution in [3.8, 4) is 5.75 Å². The van der Waals surface area contributed by atoms with E-state index in [-0.39, 0.29) is 12.2 Å². The van der Waals surface area contributed by atoms with Crippen molar-refractivity contribution in [2.24, 2.45) is 0 Å². The molecular weight excluding hydrogens is 206 g/mol. The number of pyridine rings is 1. The zero-order chi connectivity index (χ0) is 12.2. The van der Waals surface area contributed by atoms with Crippen molar-refractivity contribution in [3.63, 3.8) is 0 Å². The fourth-order valence-corrected chi connectivity index (χ4v) is 1.23. The van der Waals surface area contributed by atoms with Crippen LogP contribution in [0.1, 0.15) is 32.6 Å². The predicted molar refractivity (Wildman–Crippen MR) is 61.5 cm³/mol. The molecule has 1 heterocycles. The lowest BCUT2D eigenvalue weighted by Crippen LogP contribution is -2.23. The fraction of sp³-hybridized carbons (Fsp3) is 0.583. The maximum atomic E-state index is 9.93. The number of aliphatic hydroxyl groups is 1. The van der Waals surface area contributed by atoms with E-state index in [1.54, 1.807) is 25.4 Å². The SMILES string of the molecule is COc1cccnc1C(O)COC(C)(C)C. The average molecular weight is 225 g/mol. The second kappa shape index (κ2) is 5.27. The first-order chi connectivity index (χ1) is 7.44. The zero-order valence-electron chi connectivity index (χ0n) is 10.2. The zero-order valence-corrected chi connectivity index (χ0v) is 10.2. The number of nitrogens with zero attached hydrogens (tertiary/aromatic N) is 1. The molecule has 0 aliphatic carbocycles. The minimum absolute atomic E-state index is 0.205. The molecule has 0 saturated carbocycles. The summed E-state index contributed by atoms with van der Waals surface area (Å²) < 4.78 is 10.6. The van der Waals surface area contributed by atoms with Crippen LogP contribution in [0.5, 0.6) is 5.75 Å². The molecule has 0 spiro atoms. The summed E-state index contributed by atoms with van der Waals surface area (Å²) in [6, 6.07) is 3.53. The quantitative estimate of drug-likeness (QED) is 0.850. The van der Waals surface area contributed by atoms with Gasteiger partial charge in [-0.2, -0.15) is 0 Å². The Morgan fingerprint density at radius 2 is 2.12 bits per heavy atom. The van der Waals surface area contributed by atoms with E-state index in [1.807, 2.05) is 20.8 Å². The molecule has 1 aromatic heterocycles. The monoisotopic (exact) mass is 225 g/mol. The Bertz CT molecular complexity index is 333. The van der Waals surface area contributed by atoms with Crippen molar-refractivity contribution in [1.82, 2.24) is 4.98 Å². The summed E-state index contributed by atoms with van der Waals surface area (Å²) in [5.74, 6) is 0.576. The van der Waals surface area contributed by atoms with Gasteiger partial charge >= 0.3 is 0 Å². The van der Waals surface area contributed by atoms with E-state index in [1.165, 1.54) is 0 Å². The summed E-state index contributed by atoms with van der Waals surface area (Å²) in [6.45, 7) is 6.02. The number of hydrogen-bond donors (Lipinski definition) is 1. The molecule has 0 saturated heterocycles. The van der Waals surface area contributed by atoms with E-state index >= 15 is 0 Å². The van der Waals surface area contributed by atoms with Gasteiger partial charge in [0.15, 0.2) is 0 Å². The molecule has 0 amide bonds. The average Bonchev–Trinajstić information content (AvgIpc) is 2.25. The van der Waals surface area contributed by atoms with Crippen molar-refractivity contribution in [2.45, 2.75) is 32.5 Å². The van der Waals surface area contributed by atoms with Gasteiger partial charge in [-0.05, 0) is 32.9 Å². The van der Waals surface area contributed by atoms with Gasteiger partial charge in [0.25, 0.3) is 0 Å². The highest BCUT2D eigenvalue weighted by molar-refractivity contribution is 5.28. The Kier molecular flexibility index (Phi) is 4.26. The van der Waals surface area contributed by atoms with Crippen LogP contribution in [0.4, 0.5) is 0 Å². The fourth-order valence-electron chi connectivity index (χ4n) is 1.23. The molecule has 4 heteroatoms. The lowest BCUT2D eigenvalue weighted by Gasteiger charge is -2.22. The number of ether oxygens (including phenoxy) is 2. The Hall–Kier alpha value is -1.13. The minimum Gasteiger partial charge on any atom is -0.495 e. The van der Waals surface area contributed by atoms with Gasteiger partial charge in [-0.1, -0.05) is 0 Å². The van der Waals surface area contributed by atoms with Gasteiger partial charge in [0.2, 0.25) is 0 Å².